The molecule has 2 saturated heterocycles. The molecule has 0 radical (unpaired) electrons. The molecular formula is C15H21N3O. The lowest BCUT2D eigenvalue weighted by Gasteiger charge is -2.26. The monoisotopic (exact) mass is 259 g/mol. The van der Waals surface area contributed by atoms with Crippen LogP contribution in [0.4, 0.5) is 0 Å². The van der Waals surface area contributed by atoms with Gasteiger partial charge in [-0.3, -0.25) is 4.79 Å². The van der Waals surface area contributed by atoms with E-state index in [2.05, 4.69) is 22.1 Å². The molecule has 1 amide bonds. The van der Waals surface area contributed by atoms with Crippen molar-refractivity contribution in [1.82, 2.24) is 15.2 Å². The molecule has 3 rings (SSSR count). The zero-order chi connectivity index (χ0) is 13.4. The molecule has 3 unspecified atom stereocenters. The Bertz CT molecular complexity index is 488. The van der Waals surface area contributed by atoms with E-state index in [1.54, 1.807) is 0 Å². The lowest BCUT2D eigenvalue weighted by Crippen LogP contribution is -2.40. The van der Waals surface area contributed by atoms with E-state index < -0.39 is 0 Å². The quantitative estimate of drug-likeness (QED) is 0.874. The van der Waals surface area contributed by atoms with E-state index in [0.717, 1.165) is 31.7 Å². The number of hydrogen-bond donors (Lipinski definition) is 1. The Kier molecular flexibility index (Phi) is 3.27. The number of nitrogens with one attached hydrogen (secondary N) is 1. The molecule has 0 aliphatic carbocycles. The third-order valence-electron chi connectivity index (χ3n) is 4.50. The number of likely N-dealkylation sites (tertiary alicyclic amines) is 1. The minimum atomic E-state index is 0.102. The van der Waals surface area contributed by atoms with Crippen molar-refractivity contribution in [3.8, 4) is 0 Å². The number of nitrogens with zero attached hydrogens (tertiary/aromatic N) is 2. The van der Waals surface area contributed by atoms with Crippen LogP contribution in [0.15, 0.2) is 18.2 Å². The predicted molar refractivity (Wildman–Crippen MR) is 73.9 cm³/mol. The van der Waals surface area contributed by atoms with E-state index in [9.17, 15) is 4.79 Å². The van der Waals surface area contributed by atoms with Gasteiger partial charge in [-0.2, -0.15) is 0 Å². The molecule has 3 heterocycles. The van der Waals surface area contributed by atoms with Crippen LogP contribution in [0.5, 0.6) is 0 Å². The second-order valence-corrected chi connectivity index (χ2v) is 5.68. The molecular weight excluding hydrogens is 238 g/mol. The Morgan fingerprint density at radius 3 is 3.05 bits per heavy atom. The summed E-state index contributed by atoms with van der Waals surface area (Å²) in [4.78, 5) is 19.1. The van der Waals surface area contributed by atoms with Crippen molar-refractivity contribution < 1.29 is 4.79 Å². The van der Waals surface area contributed by atoms with Crippen LogP contribution in [0.25, 0.3) is 0 Å². The van der Waals surface area contributed by atoms with Gasteiger partial charge in [0.25, 0.3) is 5.91 Å². The number of pyridine rings is 1. The highest BCUT2D eigenvalue weighted by molar-refractivity contribution is 5.92. The minimum absolute atomic E-state index is 0.102. The van der Waals surface area contributed by atoms with Crippen LogP contribution in [0, 0.1) is 18.8 Å². The molecule has 2 aliphatic rings. The van der Waals surface area contributed by atoms with Gasteiger partial charge in [-0.1, -0.05) is 13.0 Å². The summed E-state index contributed by atoms with van der Waals surface area (Å²) in [5.41, 5.74) is 1.49. The van der Waals surface area contributed by atoms with Crippen molar-refractivity contribution in [2.75, 3.05) is 19.6 Å². The first-order valence-corrected chi connectivity index (χ1v) is 7.16. The summed E-state index contributed by atoms with van der Waals surface area (Å²) in [5, 5.41) is 3.44. The topological polar surface area (TPSA) is 45.2 Å². The second kappa shape index (κ2) is 4.93. The van der Waals surface area contributed by atoms with Crippen LogP contribution in [0.1, 0.15) is 29.5 Å². The summed E-state index contributed by atoms with van der Waals surface area (Å²) >= 11 is 0. The fourth-order valence-corrected chi connectivity index (χ4v) is 3.59. The fraction of sp³-hybridized carbons (Fsp3) is 0.600. The van der Waals surface area contributed by atoms with E-state index in [0.29, 0.717) is 23.6 Å². The summed E-state index contributed by atoms with van der Waals surface area (Å²) in [5.74, 6) is 1.35. The SMILES string of the molecule is CCC1C2CNCC2CN1C(=O)c1cccc(C)n1. The van der Waals surface area contributed by atoms with Crippen LogP contribution in [0.3, 0.4) is 0 Å². The molecule has 2 fully saturated rings. The van der Waals surface area contributed by atoms with Gasteiger partial charge < -0.3 is 10.2 Å². The fourth-order valence-electron chi connectivity index (χ4n) is 3.59. The highest BCUT2D eigenvalue weighted by Gasteiger charge is 2.45. The van der Waals surface area contributed by atoms with Gasteiger partial charge in [0, 0.05) is 31.4 Å². The predicted octanol–water partition coefficient (Wildman–Crippen LogP) is 1.46. The van der Waals surface area contributed by atoms with E-state index in [1.807, 2.05) is 25.1 Å². The smallest absolute Gasteiger partial charge is 0.272 e. The van der Waals surface area contributed by atoms with Crippen molar-refractivity contribution in [3.63, 3.8) is 0 Å². The summed E-state index contributed by atoms with van der Waals surface area (Å²) in [6.45, 7) is 7.08. The molecule has 19 heavy (non-hydrogen) atoms. The zero-order valence-corrected chi connectivity index (χ0v) is 11.6. The van der Waals surface area contributed by atoms with Crippen molar-refractivity contribution in [1.29, 1.82) is 0 Å². The average Bonchev–Trinajstić information content (AvgIpc) is 2.97. The third kappa shape index (κ3) is 2.14. The number of aryl methyl sites for hydroxylation is 1. The van der Waals surface area contributed by atoms with Gasteiger partial charge in [0.15, 0.2) is 0 Å². The van der Waals surface area contributed by atoms with Gasteiger partial charge in [0.05, 0.1) is 0 Å². The van der Waals surface area contributed by atoms with Crippen LogP contribution < -0.4 is 5.32 Å². The number of fused-ring (bicyclic) bond motifs is 1. The van der Waals surface area contributed by atoms with Gasteiger partial charge in [-0.15, -0.1) is 0 Å². The van der Waals surface area contributed by atoms with Crippen molar-refractivity contribution >= 4 is 5.91 Å². The zero-order valence-electron chi connectivity index (χ0n) is 11.6. The minimum Gasteiger partial charge on any atom is -0.334 e. The molecule has 1 N–H and O–H groups in total. The number of aromatic nitrogens is 1. The van der Waals surface area contributed by atoms with E-state index in [4.69, 9.17) is 0 Å². The largest absolute Gasteiger partial charge is 0.334 e. The number of amides is 1. The van der Waals surface area contributed by atoms with E-state index in [-0.39, 0.29) is 5.91 Å². The molecule has 102 valence electrons. The lowest BCUT2D eigenvalue weighted by atomic mass is 9.93. The third-order valence-corrected chi connectivity index (χ3v) is 4.50. The maximum absolute atomic E-state index is 12.6. The van der Waals surface area contributed by atoms with Gasteiger partial charge >= 0.3 is 0 Å². The number of carbonyl (C=O) groups is 1. The Morgan fingerprint density at radius 1 is 1.47 bits per heavy atom. The number of carbonyl (C=O) groups excluding carboxylic acids is 1. The van der Waals surface area contributed by atoms with Gasteiger partial charge in [0.1, 0.15) is 5.69 Å². The molecule has 0 spiro atoms. The highest BCUT2D eigenvalue weighted by atomic mass is 16.2. The first kappa shape index (κ1) is 12.6. The van der Waals surface area contributed by atoms with Gasteiger partial charge in [0.2, 0.25) is 0 Å². The number of hydrogen-bond acceptors (Lipinski definition) is 3. The van der Waals surface area contributed by atoms with Crippen LogP contribution >= 0.6 is 0 Å². The van der Waals surface area contributed by atoms with E-state index in [1.165, 1.54) is 0 Å². The first-order valence-electron chi connectivity index (χ1n) is 7.16. The molecule has 0 saturated carbocycles. The van der Waals surface area contributed by atoms with E-state index >= 15 is 0 Å². The van der Waals surface area contributed by atoms with Crippen LogP contribution in [-0.2, 0) is 0 Å². The molecule has 0 bridgehead atoms. The van der Waals surface area contributed by atoms with Crippen molar-refractivity contribution in [2.24, 2.45) is 11.8 Å². The average molecular weight is 259 g/mol. The molecule has 1 aromatic heterocycles. The molecule has 3 atom stereocenters. The Balaban J connectivity index is 1.84. The Morgan fingerprint density at radius 2 is 2.32 bits per heavy atom. The Hall–Kier alpha value is -1.42. The maximum Gasteiger partial charge on any atom is 0.272 e. The first-order chi connectivity index (χ1) is 9.20. The van der Waals surface area contributed by atoms with Crippen molar-refractivity contribution in [3.05, 3.63) is 29.6 Å². The highest BCUT2D eigenvalue weighted by Crippen LogP contribution is 2.34. The molecule has 1 aromatic rings. The normalized spacial score (nSPS) is 29.6. The van der Waals surface area contributed by atoms with Crippen molar-refractivity contribution in [2.45, 2.75) is 26.3 Å². The maximum atomic E-state index is 12.6. The molecule has 2 aliphatic heterocycles. The van der Waals surface area contributed by atoms with Gasteiger partial charge in [-0.25, -0.2) is 4.98 Å². The summed E-state index contributed by atoms with van der Waals surface area (Å²) in [6, 6.07) is 6.04. The van der Waals surface area contributed by atoms with Crippen LogP contribution in [0.2, 0.25) is 0 Å². The standard InChI is InChI=1S/C15H21N3O/c1-3-14-12-8-16-7-11(12)9-18(14)15(19)13-6-4-5-10(2)17-13/h4-6,11-12,14,16H,3,7-9H2,1-2H3. The van der Waals surface area contributed by atoms with Crippen LogP contribution in [-0.4, -0.2) is 41.5 Å². The molecule has 4 heteroatoms. The number of rotatable bonds is 2. The molecule has 0 aromatic carbocycles. The lowest BCUT2D eigenvalue weighted by molar-refractivity contribution is 0.0705. The summed E-state index contributed by atoms with van der Waals surface area (Å²) < 4.78 is 0. The van der Waals surface area contributed by atoms with Gasteiger partial charge in [-0.05, 0) is 37.3 Å². The Labute approximate surface area is 114 Å². The summed E-state index contributed by atoms with van der Waals surface area (Å²) in [6.07, 6.45) is 1.03. The summed E-state index contributed by atoms with van der Waals surface area (Å²) in [7, 11) is 0. The second-order valence-electron chi connectivity index (χ2n) is 5.68. The molecule has 4 nitrogen and oxygen atoms in total.